The molecule has 1 unspecified atom stereocenters. The second-order valence-electron chi connectivity index (χ2n) is 8.79. The number of rotatable bonds is 8. The number of aromatic nitrogens is 2. The molecule has 0 radical (unpaired) electrons. The maximum Gasteiger partial charge on any atom is 0.205 e. The first kappa shape index (κ1) is 26.4. The average molecular weight is 545 g/mol. The molecule has 0 amide bonds. The van der Waals surface area contributed by atoms with Gasteiger partial charge in [0, 0.05) is 17.2 Å². The fourth-order valence-electron chi connectivity index (χ4n) is 4.93. The predicted molar refractivity (Wildman–Crippen MR) is 147 cm³/mol. The number of methoxy groups -OCH3 is 6. The van der Waals surface area contributed by atoms with E-state index < -0.39 is 5.92 Å². The highest BCUT2D eigenvalue weighted by Crippen LogP contribution is 2.48. The summed E-state index contributed by atoms with van der Waals surface area (Å²) in [5.41, 5.74) is 10.0. The molecule has 11 heteroatoms. The zero-order valence-corrected chi connectivity index (χ0v) is 22.9. The number of benzene rings is 3. The van der Waals surface area contributed by atoms with Crippen molar-refractivity contribution in [1.29, 1.82) is 5.26 Å². The maximum atomic E-state index is 10.1. The third-order valence-corrected chi connectivity index (χ3v) is 6.78. The highest BCUT2D eigenvalue weighted by atomic mass is 16.5. The Kier molecular flexibility index (Phi) is 6.92. The second-order valence-corrected chi connectivity index (χ2v) is 8.79. The SMILES string of the molecule is COc1cc(-c2nc3cc4c(cc3[nH]2)C(c2cc(OC)c(OC)c(OC)c2)C(C#N)=C(N)O4)cc(OC)c1OC. The van der Waals surface area contributed by atoms with E-state index in [2.05, 4.69) is 11.1 Å². The van der Waals surface area contributed by atoms with E-state index in [9.17, 15) is 5.26 Å². The molecule has 1 aromatic heterocycles. The van der Waals surface area contributed by atoms with Crippen LogP contribution in [0, 0.1) is 11.3 Å². The summed E-state index contributed by atoms with van der Waals surface area (Å²) in [4.78, 5) is 8.13. The van der Waals surface area contributed by atoms with E-state index in [0.29, 0.717) is 62.7 Å². The van der Waals surface area contributed by atoms with E-state index in [1.54, 1.807) is 39.5 Å². The molecular weight excluding hydrogens is 516 g/mol. The van der Waals surface area contributed by atoms with Crippen LogP contribution in [0.1, 0.15) is 17.0 Å². The highest BCUT2D eigenvalue weighted by molar-refractivity contribution is 5.84. The second kappa shape index (κ2) is 10.5. The molecular formula is C29H28N4O7. The first-order valence-electron chi connectivity index (χ1n) is 12.1. The van der Waals surface area contributed by atoms with Crippen LogP contribution in [0.25, 0.3) is 22.4 Å². The number of allylic oxidation sites excluding steroid dienone is 1. The zero-order valence-electron chi connectivity index (χ0n) is 22.9. The Morgan fingerprint density at radius 2 is 1.35 bits per heavy atom. The summed E-state index contributed by atoms with van der Waals surface area (Å²) in [5.74, 6) is 3.31. The van der Waals surface area contributed by atoms with Crippen molar-refractivity contribution in [3.05, 3.63) is 59.0 Å². The fraction of sp³-hybridized carbons (Fsp3) is 0.241. The molecule has 1 aliphatic heterocycles. The molecule has 206 valence electrons. The Hall–Kier alpha value is -5.24. The number of nitrogens with one attached hydrogen (secondary N) is 1. The van der Waals surface area contributed by atoms with Gasteiger partial charge in [-0.25, -0.2) is 4.98 Å². The number of ether oxygens (including phenoxy) is 7. The largest absolute Gasteiger partial charge is 0.493 e. The van der Waals surface area contributed by atoms with Gasteiger partial charge in [-0.15, -0.1) is 0 Å². The average Bonchev–Trinajstić information content (AvgIpc) is 3.40. The number of imidazole rings is 1. The molecule has 4 aromatic rings. The molecule has 0 aliphatic carbocycles. The molecule has 1 atom stereocenters. The zero-order chi connectivity index (χ0) is 28.6. The van der Waals surface area contributed by atoms with Crippen LogP contribution >= 0.6 is 0 Å². The van der Waals surface area contributed by atoms with Crippen LogP contribution in [0.3, 0.4) is 0 Å². The van der Waals surface area contributed by atoms with Gasteiger partial charge in [0.05, 0.1) is 59.6 Å². The van der Waals surface area contributed by atoms with Crippen molar-refractivity contribution < 1.29 is 33.2 Å². The van der Waals surface area contributed by atoms with Crippen LogP contribution in [-0.2, 0) is 0 Å². The molecule has 11 nitrogen and oxygen atoms in total. The first-order chi connectivity index (χ1) is 19.4. The standard InChI is InChI=1S/C29H28N4O7/c1-34-21-7-14(8-22(35-2)26(21)38-5)25-16-11-18-19(12-20(16)40-28(31)17(25)13-30)33-29(32-18)15-9-23(36-3)27(39-6)24(10-15)37-4/h7-12,25H,31H2,1-6H3,(H,32,33). The van der Waals surface area contributed by atoms with E-state index in [-0.39, 0.29) is 11.5 Å². The summed E-state index contributed by atoms with van der Waals surface area (Å²) in [7, 11) is 9.26. The first-order valence-corrected chi connectivity index (χ1v) is 12.1. The Morgan fingerprint density at radius 3 is 1.85 bits per heavy atom. The summed E-state index contributed by atoms with van der Waals surface area (Å²) in [6.07, 6.45) is 0. The lowest BCUT2D eigenvalue weighted by molar-refractivity contribution is 0.323. The minimum Gasteiger partial charge on any atom is -0.493 e. The van der Waals surface area contributed by atoms with Crippen molar-refractivity contribution >= 4 is 11.0 Å². The Bertz CT molecular complexity index is 1640. The molecule has 0 saturated carbocycles. The van der Waals surface area contributed by atoms with Gasteiger partial charge in [0.25, 0.3) is 0 Å². The number of H-pyrrole nitrogens is 1. The number of hydrogen-bond acceptors (Lipinski definition) is 10. The lowest BCUT2D eigenvalue weighted by Gasteiger charge is -2.27. The van der Waals surface area contributed by atoms with E-state index in [1.165, 1.54) is 21.3 Å². The van der Waals surface area contributed by atoms with Crippen LogP contribution in [0.15, 0.2) is 47.9 Å². The summed E-state index contributed by atoms with van der Waals surface area (Å²) in [6, 6.07) is 13.1. The van der Waals surface area contributed by atoms with E-state index >= 15 is 0 Å². The van der Waals surface area contributed by atoms with Crippen molar-refractivity contribution in [3.8, 4) is 57.7 Å². The van der Waals surface area contributed by atoms with Crippen LogP contribution in [0.2, 0.25) is 0 Å². The quantitative estimate of drug-likeness (QED) is 0.325. The van der Waals surface area contributed by atoms with Crippen molar-refractivity contribution in [2.24, 2.45) is 5.73 Å². The van der Waals surface area contributed by atoms with Crippen LogP contribution in [-0.4, -0.2) is 52.6 Å². The van der Waals surface area contributed by atoms with Gasteiger partial charge in [0.15, 0.2) is 23.0 Å². The molecule has 2 heterocycles. The Labute approximate surface area is 230 Å². The highest BCUT2D eigenvalue weighted by Gasteiger charge is 2.33. The van der Waals surface area contributed by atoms with E-state index in [0.717, 1.165) is 11.1 Å². The Balaban J connectivity index is 1.69. The van der Waals surface area contributed by atoms with Crippen molar-refractivity contribution in [1.82, 2.24) is 9.97 Å². The van der Waals surface area contributed by atoms with Crippen molar-refractivity contribution in [2.45, 2.75) is 5.92 Å². The van der Waals surface area contributed by atoms with Crippen LogP contribution < -0.4 is 38.9 Å². The third kappa shape index (κ3) is 4.19. The number of hydrogen-bond donors (Lipinski definition) is 2. The van der Waals surface area contributed by atoms with Gasteiger partial charge in [-0.3, -0.25) is 0 Å². The van der Waals surface area contributed by atoms with Crippen LogP contribution in [0.4, 0.5) is 0 Å². The summed E-state index contributed by atoms with van der Waals surface area (Å²) in [5, 5.41) is 10.1. The maximum absolute atomic E-state index is 10.1. The van der Waals surface area contributed by atoms with Crippen molar-refractivity contribution in [2.75, 3.05) is 42.7 Å². The van der Waals surface area contributed by atoms with Gasteiger partial charge >= 0.3 is 0 Å². The summed E-state index contributed by atoms with van der Waals surface area (Å²) in [6.45, 7) is 0. The molecule has 1 aliphatic rings. The Morgan fingerprint density at radius 1 is 0.800 bits per heavy atom. The van der Waals surface area contributed by atoms with Gasteiger partial charge < -0.3 is 43.9 Å². The van der Waals surface area contributed by atoms with Gasteiger partial charge in [0.1, 0.15) is 23.2 Å². The van der Waals surface area contributed by atoms with Gasteiger partial charge in [-0.2, -0.15) is 5.26 Å². The van der Waals surface area contributed by atoms with E-state index in [4.69, 9.17) is 43.9 Å². The predicted octanol–water partition coefficient (Wildman–Crippen LogP) is 4.50. The monoisotopic (exact) mass is 544 g/mol. The number of aromatic amines is 1. The minimum atomic E-state index is -0.570. The normalized spacial score (nSPS) is 14.2. The molecule has 0 fully saturated rings. The fourth-order valence-corrected chi connectivity index (χ4v) is 4.93. The molecule has 5 rings (SSSR count). The van der Waals surface area contributed by atoms with Crippen LogP contribution in [0.5, 0.6) is 40.2 Å². The summed E-state index contributed by atoms with van der Waals surface area (Å²) < 4.78 is 39.0. The lowest BCUT2D eigenvalue weighted by Crippen LogP contribution is -2.21. The molecule has 0 saturated heterocycles. The topological polar surface area (TPSA) is 143 Å². The molecule has 0 spiro atoms. The molecule has 40 heavy (non-hydrogen) atoms. The molecule has 3 N–H and O–H groups in total. The van der Waals surface area contributed by atoms with Gasteiger partial charge in [-0.05, 0) is 35.9 Å². The minimum absolute atomic E-state index is 0.00786. The van der Waals surface area contributed by atoms with Gasteiger partial charge in [-0.1, -0.05) is 0 Å². The van der Waals surface area contributed by atoms with Crippen molar-refractivity contribution in [3.63, 3.8) is 0 Å². The van der Waals surface area contributed by atoms with E-state index in [1.807, 2.05) is 18.2 Å². The number of nitrogens with zero attached hydrogens (tertiary/aromatic N) is 2. The third-order valence-electron chi connectivity index (χ3n) is 6.78. The number of nitrogens with two attached hydrogens (primary N) is 1. The molecule has 3 aromatic carbocycles. The smallest absolute Gasteiger partial charge is 0.205 e. The number of nitriles is 1. The molecule has 0 bridgehead atoms. The summed E-state index contributed by atoms with van der Waals surface area (Å²) >= 11 is 0. The number of fused-ring (bicyclic) bond motifs is 2. The lowest BCUT2D eigenvalue weighted by atomic mass is 9.83. The van der Waals surface area contributed by atoms with Gasteiger partial charge in [0.2, 0.25) is 17.4 Å².